The van der Waals surface area contributed by atoms with Crippen molar-refractivity contribution in [2.45, 2.75) is 17.5 Å². The summed E-state index contributed by atoms with van der Waals surface area (Å²) in [6.45, 7) is 0.518. The lowest BCUT2D eigenvalue weighted by Gasteiger charge is -2.10. The van der Waals surface area contributed by atoms with E-state index in [1.807, 2.05) is 52.4 Å². The third-order valence-electron chi connectivity index (χ3n) is 4.54. The van der Waals surface area contributed by atoms with Gasteiger partial charge in [0.1, 0.15) is 5.82 Å². The molecule has 3 heterocycles. The highest BCUT2D eigenvalue weighted by Crippen LogP contribution is 2.30. The average molecular weight is 450 g/mol. The molecule has 0 bridgehead atoms. The van der Waals surface area contributed by atoms with Crippen LogP contribution < -0.4 is 0 Å². The molecule has 0 aliphatic rings. The summed E-state index contributed by atoms with van der Waals surface area (Å²) in [4.78, 5) is 0.929. The first-order valence-corrected chi connectivity index (χ1v) is 11.4. The summed E-state index contributed by atoms with van der Waals surface area (Å²) in [7, 11) is 0. The molecule has 3 aromatic heterocycles. The maximum atomic E-state index is 14.5. The van der Waals surface area contributed by atoms with Crippen LogP contribution in [0.3, 0.4) is 0 Å². The Morgan fingerprint density at radius 1 is 0.903 bits per heavy atom. The molecule has 5 rings (SSSR count). The number of halogens is 1. The van der Waals surface area contributed by atoms with Crippen molar-refractivity contribution >= 4 is 23.1 Å². The lowest BCUT2D eigenvalue weighted by molar-refractivity contribution is 0.529. The minimum Gasteiger partial charge on any atom is -0.419 e. The topological polar surface area (TPSA) is 69.6 Å². The average Bonchev–Trinajstić information content (AvgIpc) is 3.55. The van der Waals surface area contributed by atoms with Crippen LogP contribution in [0.25, 0.3) is 22.2 Å². The van der Waals surface area contributed by atoms with Crippen molar-refractivity contribution in [2.75, 3.05) is 0 Å². The van der Waals surface area contributed by atoms with Gasteiger partial charge in [0, 0.05) is 0 Å². The zero-order valence-electron chi connectivity index (χ0n) is 16.2. The zero-order valence-corrected chi connectivity index (χ0v) is 17.8. The Balaban J connectivity index is 1.43. The van der Waals surface area contributed by atoms with E-state index < -0.39 is 0 Å². The van der Waals surface area contributed by atoms with Crippen molar-refractivity contribution < 1.29 is 8.81 Å². The number of hydrogen-bond acceptors (Lipinski definition) is 7. The molecule has 0 amide bonds. The van der Waals surface area contributed by atoms with Crippen LogP contribution in [0.15, 0.2) is 81.7 Å². The molecule has 0 atom stereocenters. The third kappa shape index (κ3) is 4.28. The number of hydrogen-bond donors (Lipinski definition) is 0. The summed E-state index contributed by atoms with van der Waals surface area (Å²) >= 11 is 2.97. The molecule has 0 unspecified atom stereocenters. The largest absolute Gasteiger partial charge is 0.419 e. The van der Waals surface area contributed by atoms with Crippen LogP contribution in [0, 0.1) is 5.82 Å². The minimum absolute atomic E-state index is 0.335. The van der Waals surface area contributed by atoms with Gasteiger partial charge in [0.2, 0.25) is 5.89 Å². The van der Waals surface area contributed by atoms with Crippen LogP contribution >= 0.6 is 23.1 Å². The van der Waals surface area contributed by atoms with Crippen molar-refractivity contribution in [1.29, 1.82) is 0 Å². The van der Waals surface area contributed by atoms with Crippen LogP contribution in [0.4, 0.5) is 4.39 Å². The maximum absolute atomic E-state index is 14.5. The number of benzene rings is 2. The summed E-state index contributed by atoms with van der Waals surface area (Å²) in [6, 6.07) is 20.4. The number of aromatic nitrogens is 5. The Morgan fingerprint density at radius 3 is 2.55 bits per heavy atom. The molecule has 0 fully saturated rings. The first-order valence-electron chi connectivity index (χ1n) is 9.49. The fourth-order valence-electron chi connectivity index (χ4n) is 3.08. The summed E-state index contributed by atoms with van der Waals surface area (Å²) < 4.78 is 22.2. The number of thioether (sulfide) groups is 1. The Labute approximate surface area is 185 Å². The van der Waals surface area contributed by atoms with Gasteiger partial charge in [0.15, 0.2) is 11.0 Å². The Morgan fingerprint density at radius 2 is 1.74 bits per heavy atom. The molecule has 6 nitrogen and oxygen atoms in total. The van der Waals surface area contributed by atoms with E-state index >= 15 is 0 Å². The Kier molecular flexibility index (Phi) is 5.59. The van der Waals surface area contributed by atoms with E-state index in [1.54, 1.807) is 29.5 Å². The molecule has 0 radical (unpaired) electrons. The van der Waals surface area contributed by atoms with Crippen LogP contribution in [-0.4, -0.2) is 25.0 Å². The number of thiophene rings is 1. The molecule has 9 heteroatoms. The van der Waals surface area contributed by atoms with Gasteiger partial charge < -0.3 is 4.42 Å². The van der Waals surface area contributed by atoms with Crippen LogP contribution in [0.5, 0.6) is 0 Å². The highest BCUT2D eigenvalue weighted by molar-refractivity contribution is 7.98. The number of rotatable bonds is 7. The molecule has 0 aliphatic carbocycles. The second-order valence-electron chi connectivity index (χ2n) is 6.62. The van der Waals surface area contributed by atoms with Gasteiger partial charge in [0.25, 0.3) is 5.89 Å². The molecule has 0 aliphatic heterocycles. The molecule has 154 valence electrons. The van der Waals surface area contributed by atoms with Crippen LogP contribution in [-0.2, 0) is 12.3 Å². The summed E-state index contributed by atoms with van der Waals surface area (Å²) in [5.41, 5.74) is 1.48. The SMILES string of the molecule is Fc1ccccc1-c1nnc(SCc2nnc(-c3cccs3)o2)n1Cc1ccccc1. The molecular weight excluding hydrogens is 433 g/mol. The zero-order chi connectivity index (χ0) is 21.0. The molecule has 0 saturated carbocycles. The third-order valence-corrected chi connectivity index (χ3v) is 6.35. The summed E-state index contributed by atoms with van der Waals surface area (Å²) in [6.07, 6.45) is 0. The molecule has 2 aromatic carbocycles. The minimum atomic E-state index is -0.335. The van der Waals surface area contributed by atoms with Crippen LogP contribution in [0.2, 0.25) is 0 Å². The maximum Gasteiger partial charge on any atom is 0.257 e. The summed E-state index contributed by atoms with van der Waals surface area (Å²) in [5, 5.41) is 19.5. The van der Waals surface area contributed by atoms with E-state index in [1.165, 1.54) is 17.8 Å². The summed E-state index contributed by atoms with van der Waals surface area (Å²) in [5.74, 6) is 1.58. The van der Waals surface area contributed by atoms with Crippen molar-refractivity contribution in [3.8, 4) is 22.2 Å². The lowest BCUT2D eigenvalue weighted by Crippen LogP contribution is -2.05. The monoisotopic (exact) mass is 449 g/mol. The highest BCUT2D eigenvalue weighted by atomic mass is 32.2. The molecule has 0 saturated heterocycles. The fraction of sp³-hybridized carbons (Fsp3) is 0.0909. The van der Waals surface area contributed by atoms with Crippen LogP contribution in [0.1, 0.15) is 11.5 Å². The smallest absolute Gasteiger partial charge is 0.257 e. The predicted molar refractivity (Wildman–Crippen MR) is 118 cm³/mol. The quantitative estimate of drug-likeness (QED) is 0.304. The van der Waals surface area contributed by atoms with Gasteiger partial charge in [-0.15, -0.1) is 31.7 Å². The second-order valence-corrected chi connectivity index (χ2v) is 8.51. The van der Waals surface area contributed by atoms with E-state index in [0.29, 0.717) is 40.6 Å². The van der Waals surface area contributed by atoms with Gasteiger partial charge in [-0.1, -0.05) is 60.3 Å². The molecule has 0 spiro atoms. The van der Waals surface area contributed by atoms with Crippen molar-refractivity contribution in [1.82, 2.24) is 25.0 Å². The van der Waals surface area contributed by atoms with Gasteiger partial charge in [-0.25, -0.2) is 4.39 Å². The lowest BCUT2D eigenvalue weighted by atomic mass is 10.2. The standard InChI is InChI=1S/C22H16FN5OS2/c23-17-10-5-4-9-16(17)20-25-27-22(28(20)13-15-7-2-1-3-8-15)31-14-19-24-26-21(29-19)18-11-6-12-30-18/h1-12H,13-14H2. The van der Waals surface area contributed by atoms with Gasteiger partial charge >= 0.3 is 0 Å². The van der Waals surface area contributed by atoms with Crippen molar-refractivity contribution in [2.24, 2.45) is 0 Å². The van der Waals surface area contributed by atoms with Gasteiger partial charge in [-0.05, 0) is 29.1 Å². The first-order chi connectivity index (χ1) is 15.3. The van der Waals surface area contributed by atoms with Gasteiger partial charge in [-0.3, -0.25) is 4.57 Å². The molecule has 31 heavy (non-hydrogen) atoms. The molecule has 5 aromatic rings. The van der Waals surface area contributed by atoms with E-state index in [0.717, 1.165) is 10.4 Å². The number of nitrogens with zero attached hydrogens (tertiary/aromatic N) is 5. The highest BCUT2D eigenvalue weighted by Gasteiger charge is 2.19. The van der Waals surface area contributed by atoms with Gasteiger partial charge in [-0.2, -0.15) is 0 Å². The second kappa shape index (κ2) is 8.83. The van der Waals surface area contributed by atoms with E-state index in [4.69, 9.17) is 4.42 Å². The van der Waals surface area contributed by atoms with E-state index in [2.05, 4.69) is 20.4 Å². The van der Waals surface area contributed by atoms with Gasteiger partial charge in [0.05, 0.1) is 22.7 Å². The van der Waals surface area contributed by atoms with E-state index in [-0.39, 0.29) is 5.82 Å². The molecular formula is C22H16FN5OS2. The fourth-order valence-corrected chi connectivity index (χ4v) is 4.50. The molecule has 0 N–H and O–H groups in total. The normalized spacial score (nSPS) is 11.1. The first kappa shape index (κ1) is 19.7. The Bertz CT molecular complexity index is 1280. The van der Waals surface area contributed by atoms with Crippen molar-refractivity contribution in [3.05, 3.63) is 89.4 Å². The van der Waals surface area contributed by atoms with Crippen molar-refractivity contribution in [3.63, 3.8) is 0 Å². The predicted octanol–water partition coefficient (Wildman–Crippen LogP) is 5.54. The Hall–Kier alpha value is -3.30. The van der Waals surface area contributed by atoms with E-state index in [9.17, 15) is 4.39 Å².